The van der Waals surface area contributed by atoms with Crippen molar-refractivity contribution in [3.63, 3.8) is 0 Å². The zero-order chi connectivity index (χ0) is 13.9. The number of benzene rings is 2. The fraction of sp³-hybridized carbons (Fsp3) is 0.118. The number of aromatic nitrogens is 1. The van der Waals surface area contributed by atoms with Crippen LogP contribution in [0.25, 0.3) is 10.9 Å². The van der Waals surface area contributed by atoms with Crippen molar-refractivity contribution < 1.29 is 9.84 Å². The maximum absolute atomic E-state index is 10.5. The monoisotopic (exact) mass is 265 g/mol. The normalized spacial score (nSPS) is 12.3. The van der Waals surface area contributed by atoms with E-state index in [1.54, 1.807) is 7.11 Å². The second-order valence-electron chi connectivity index (χ2n) is 4.61. The molecule has 0 radical (unpaired) electrons. The fourth-order valence-corrected chi connectivity index (χ4v) is 2.22. The third-order valence-corrected chi connectivity index (χ3v) is 3.31. The molecule has 3 heteroatoms. The first kappa shape index (κ1) is 12.6. The molecule has 3 nitrogen and oxygen atoms in total. The molecule has 1 atom stereocenters. The smallest absolute Gasteiger partial charge is 0.121 e. The summed E-state index contributed by atoms with van der Waals surface area (Å²) in [6.45, 7) is 0. The van der Waals surface area contributed by atoms with Crippen LogP contribution < -0.4 is 4.74 Å². The van der Waals surface area contributed by atoms with Crippen LogP contribution in [-0.2, 0) is 0 Å². The van der Waals surface area contributed by atoms with E-state index in [0.717, 1.165) is 22.2 Å². The summed E-state index contributed by atoms with van der Waals surface area (Å²) in [6.07, 6.45) is -0.755. The number of ether oxygens (including phenoxy) is 1. The standard InChI is InChI=1S/C17H15NO2/c1-20-14-7-4-6-13(11-14)17(19)16-10-9-12-5-2-3-8-15(12)18-16/h2-11,17,19H,1H3. The molecule has 100 valence electrons. The van der Waals surface area contributed by atoms with Gasteiger partial charge < -0.3 is 9.84 Å². The van der Waals surface area contributed by atoms with Crippen molar-refractivity contribution in [3.05, 3.63) is 71.9 Å². The van der Waals surface area contributed by atoms with Gasteiger partial charge in [-0.1, -0.05) is 36.4 Å². The zero-order valence-corrected chi connectivity index (χ0v) is 11.2. The highest BCUT2D eigenvalue weighted by atomic mass is 16.5. The third-order valence-electron chi connectivity index (χ3n) is 3.31. The number of aliphatic hydroxyl groups is 1. The second kappa shape index (κ2) is 5.31. The van der Waals surface area contributed by atoms with Crippen molar-refractivity contribution in [2.45, 2.75) is 6.10 Å². The van der Waals surface area contributed by atoms with E-state index in [1.807, 2.05) is 60.7 Å². The van der Waals surface area contributed by atoms with E-state index < -0.39 is 6.10 Å². The van der Waals surface area contributed by atoms with Gasteiger partial charge in [-0.05, 0) is 29.8 Å². The lowest BCUT2D eigenvalue weighted by Gasteiger charge is -2.12. The number of hydrogen-bond donors (Lipinski definition) is 1. The van der Waals surface area contributed by atoms with E-state index in [4.69, 9.17) is 4.74 Å². The summed E-state index contributed by atoms with van der Waals surface area (Å²) in [7, 11) is 1.61. The van der Waals surface area contributed by atoms with E-state index in [1.165, 1.54) is 0 Å². The van der Waals surface area contributed by atoms with Crippen LogP contribution in [0.4, 0.5) is 0 Å². The Morgan fingerprint density at radius 1 is 1.00 bits per heavy atom. The van der Waals surface area contributed by atoms with Gasteiger partial charge in [-0.25, -0.2) is 4.98 Å². The lowest BCUT2D eigenvalue weighted by molar-refractivity contribution is 0.215. The minimum absolute atomic E-state index is 0.636. The van der Waals surface area contributed by atoms with Gasteiger partial charge in [0.2, 0.25) is 0 Å². The highest BCUT2D eigenvalue weighted by Crippen LogP contribution is 2.25. The fourth-order valence-electron chi connectivity index (χ4n) is 2.22. The summed E-state index contributed by atoms with van der Waals surface area (Å²) in [5.41, 5.74) is 2.29. The quantitative estimate of drug-likeness (QED) is 0.790. The van der Waals surface area contributed by atoms with Crippen LogP contribution >= 0.6 is 0 Å². The van der Waals surface area contributed by atoms with Crippen molar-refractivity contribution in [2.24, 2.45) is 0 Å². The summed E-state index contributed by atoms with van der Waals surface area (Å²) in [4.78, 5) is 4.52. The number of rotatable bonds is 3. The Kier molecular flexibility index (Phi) is 3.35. The molecule has 0 fully saturated rings. The second-order valence-corrected chi connectivity index (χ2v) is 4.61. The van der Waals surface area contributed by atoms with Gasteiger partial charge in [0, 0.05) is 5.39 Å². The molecule has 0 aliphatic carbocycles. The lowest BCUT2D eigenvalue weighted by atomic mass is 10.0. The molecule has 2 aromatic carbocycles. The third kappa shape index (κ3) is 2.36. The molecular formula is C17H15NO2. The molecule has 0 saturated heterocycles. The van der Waals surface area contributed by atoms with Crippen LogP contribution in [0.15, 0.2) is 60.7 Å². The van der Waals surface area contributed by atoms with Crippen LogP contribution in [0.1, 0.15) is 17.4 Å². The van der Waals surface area contributed by atoms with E-state index in [9.17, 15) is 5.11 Å². The molecule has 0 spiro atoms. The van der Waals surface area contributed by atoms with Crippen molar-refractivity contribution >= 4 is 10.9 Å². The molecule has 1 aromatic heterocycles. The van der Waals surface area contributed by atoms with Crippen molar-refractivity contribution in [1.29, 1.82) is 0 Å². The topological polar surface area (TPSA) is 42.4 Å². The molecule has 1 heterocycles. The molecule has 0 bridgehead atoms. The van der Waals surface area contributed by atoms with Crippen LogP contribution in [0, 0.1) is 0 Å². The summed E-state index contributed by atoms with van der Waals surface area (Å²) >= 11 is 0. The van der Waals surface area contributed by atoms with Gasteiger partial charge in [0.1, 0.15) is 11.9 Å². The van der Waals surface area contributed by atoms with Crippen LogP contribution in [0.5, 0.6) is 5.75 Å². The summed E-state index contributed by atoms with van der Waals surface area (Å²) in [6, 6.07) is 19.1. The predicted octanol–water partition coefficient (Wildman–Crippen LogP) is 3.33. The number of hydrogen-bond acceptors (Lipinski definition) is 3. The van der Waals surface area contributed by atoms with Crippen molar-refractivity contribution in [2.75, 3.05) is 7.11 Å². The van der Waals surface area contributed by atoms with Crippen molar-refractivity contribution in [1.82, 2.24) is 4.98 Å². The van der Waals surface area contributed by atoms with Gasteiger partial charge in [0.05, 0.1) is 18.3 Å². The number of fused-ring (bicyclic) bond motifs is 1. The van der Waals surface area contributed by atoms with Gasteiger partial charge in [0.15, 0.2) is 0 Å². The molecule has 0 aliphatic rings. The molecule has 0 amide bonds. The number of pyridine rings is 1. The van der Waals surface area contributed by atoms with Gasteiger partial charge in [-0.15, -0.1) is 0 Å². The number of methoxy groups -OCH3 is 1. The highest BCUT2D eigenvalue weighted by Gasteiger charge is 2.13. The molecule has 3 rings (SSSR count). The van der Waals surface area contributed by atoms with Gasteiger partial charge in [-0.2, -0.15) is 0 Å². The molecule has 0 aliphatic heterocycles. The minimum atomic E-state index is -0.755. The minimum Gasteiger partial charge on any atom is -0.497 e. The van der Waals surface area contributed by atoms with Gasteiger partial charge in [0.25, 0.3) is 0 Å². The summed E-state index contributed by atoms with van der Waals surface area (Å²) < 4.78 is 5.18. The Morgan fingerprint density at radius 2 is 1.85 bits per heavy atom. The highest BCUT2D eigenvalue weighted by molar-refractivity contribution is 5.78. The van der Waals surface area contributed by atoms with Gasteiger partial charge >= 0.3 is 0 Å². The van der Waals surface area contributed by atoms with Gasteiger partial charge in [-0.3, -0.25) is 0 Å². The molecule has 1 unspecified atom stereocenters. The van der Waals surface area contributed by atoms with Crippen LogP contribution in [0.2, 0.25) is 0 Å². The average molecular weight is 265 g/mol. The molecule has 1 N–H and O–H groups in total. The van der Waals surface area contributed by atoms with Crippen molar-refractivity contribution in [3.8, 4) is 5.75 Å². The Bertz CT molecular complexity index is 740. The maximum Gasteiger partial charge on any atom is 0.121 e. The summed E-state index contributed by atoms with van der Waals surface area (Å²) in [5.74, 6) is 0.724. The zero-order valence-electron chi connectivity index (χ0n) is 11.2. The molecule has 0 saturated carbocycles. The number of aliphatic hydroxyl groups excluding tert-OH is 1. The Hall–Kier alpha value is -2.39. The first-order valence-corrected chi connectivity index (χ1v) is 6.45. The molecule has 3 aromatic rings. The Morgan fingerprint density at radius 3 is 2.70 bits per heavy atom. The first-order valence-electron chi connectivity index (χ1n) is 6.45. The molecule has 20 heavy (non-hydrogen) atoms. The van der Waals surface area contributed by atoms with Crippen LogP contribution in [-0.4, -0.2) is 17.2 Å². The molecular weight excluding hydrogens is 250 g/mol. The van der Waals surface area contributed by atoms with E-state index >= 15 is 0 Å². The average Bonchev–Trinajstić information content (AvgIpc) is 2.53. The SMILES string of the molecule is COc1cccc(C(O)c2ccc3ccccc3n2)c1. The first-order chi connectivity index (χ1) is 9.78. The van der Waals surface area contributed by atoms with Crippen LogP contribution in [0.3, 0.4) is 0 Å². The number of nitrogens with zero attached hydrogens (tertiary/aromatic N) is 1. The Balaban J connectivity index is 2.00. The largest absolute Gasteiger partial charge is 0.497 e. The number of para-hydroxylation sites is 1. The van der Waals surface area contributed by atoms with E-state index in [0.29, 0.717) is 5.69 Å². The van der Waals surface area contributed by atoms with E-state index in [-0.39, 0.29) is 0 Å². The maximum atomic E-state index is 10.5. The van der Waals surface area contributed by atoms with E-state index in [2.05, 4.69) is 4.98 Å². The predicted molar refractivity (Wildman–Crippen MR) is 78.8 cm³/mol. The Labute approximate surface area is 117 Å². The lowest BCUT2D eigenvalue weighted by Crippen LogP contribution is -2.02. The summed E-state index contributed by atoms with van der Waals surface area (Å²) in [5, 5.41) is 11.5.